The molecule has 126 valence electrons. The van der Waals surface area contributed by atoms with Crippen LogP contribution in [-0.4, -0.2) is 35.6 Å². The topological polar surface area (TPSA) is 111 Å². The first kappa shape index (κ1) is 18.4. The molecule has 0 saturated heterocycles. The fraction of sp³-hybridized carbons (Fsp3) is 0.467. The van der Waals surface area contributed by atoms with Crippen molar-refractivity contribution in [2.24, 2.45) is 0 Å². The van der Waals surface area contributed by atoms with Crippen LogP contribution in [0.1, 0.15) is 26.3 Å². The molecule has 0 aliphatic heterocycles. The second kappa shape index (κ2) is 7.57. The third-order valence-electron chi connectivity index (χ3n) is 2.84. The molecular weight excluding hydrogens is 302 g/mol. The van der Waals surface area contributed by atoms with Crippen molar-refractivity contribution in [2.75, 3.05) is 7.05 Å². The van der Waals surface area contributed by atoms with Gasteiger partial charge in [-0.1, -0.05) is 12.1 Å². The van der Waals surface area contributed by atoms with Gasteiger partial charge in [0.15, 0.2) is 0 Å². The lowest BCUT2D eigenvalue weighted by Gasteiger charge is -2.23. The fourth-order valence-electron chi connectivity index (χ4n) is 1.82. The number of nitrogens with one attached hydrogen (secondary N) is 2. The molecular formula is C15H21N3O5. The van der Waals surface area contributed by atoms with Gasteiger partial charge in [0.05, 0.1) is 4.92 Å². The Labute approximate surface area is 134 Å². The standard InChI is InChI=1S/C15H21N3O5/c1-15(2,3)23-14(20)17-12(13(19)16-4)9-10-5-7-11(8-6-10)18(21)22/h5-8,12H,9H2,1-4H3,(H,16,19)(H,17,20). The number of nitro benzene ring substituents is 1. The van der Waals surface area contributed by atoms with Gasteiger partial charge < -0.3 is 15.4 Å². The lowest BCUT2D eigenvalue weighted by atomic mass is 10.0. The summed E-state index contributed by atoms with van der Waals surface area (Å²) in [6, 6.07) is 4.96. The Kier molecular flexibility index (Phi) is 6.06. The summed E-state index contributed by atoms with van der Waals surface area (Å²) in [6.45, 7) is 5.16. The van der Waals surface area contributed by atoms with Crippen LogP contribution in [0, 0.1) is 10.1 Å². The third kappa shape index (κ3) is 6.33. The maximum absolute atomic E-state index is 11.9. The van der Waals surface area contributed by atoms with Crippen LogP contribution in [0.2, 0.25) is 0 Å². The monoisotopic (exact) mass is 323 g/mol. The number of hydrogen-bond donors (Lipinski definition) is 2. The van der Waals surface area contributed by atoms with E-state index in [0.29, 0.717) is 5.56 Å². The SMILES string of the molecule is CNC(=O)C(Cc1ccc([N+](=O)[O-])cc1)NC(=O)OC(C)(C)C. The first-order valence-corrected chi connectivity index (χ1v) is 7.07. The molecule has 2 amide bonds. The summed E-state index contributed by atoms with van der Waals surface area (Å²) in [5.74, 6) is -0.380. The predicted octanol–water partition coefficient (Wildman–Crippen LogP) is 1.78. The Bertz CT molecular complexity index is 578. The second-order valence-corrected chi connectivity index (χ2v) is 5.94. The molecule has 0 aromatic heterocycles. The number of rotatable bonds is 5. The van der Waals surface area contributed by atoms with Gasteiger partial charge >= 0.3 is 6.09 Å². The lowest BCUT2D eigenvalue weighted by molar-refractivity contribution is -0.384. The number of carbonyl (C=O) groups excluding carboxylic acids is 2. The highest BCUT2D eigenvalue weighted by molar-refractivity contribution is 5.85. The van der Waals surface area contributed by atoms with Gasteiger partial charge in [-0.25, -0.2) is 4.79 Å². The summed E-state index contributed by atoms with van der Waals surface area (Å²) >= 11 is 0. The molecule has 0 saturated carbocycles. The van der Waals surface area contributed by atoms with Gasteiger partial charge in [0.1, 0.15) is 11.6 Å². The van der Waals surface area contributed by atoms with Crippen molar-refractivity contribution in [1.82, 2.24) is 10.6 Å². The largest absolute Gasteiger partial charge is 0.444 e. The van der Waals surface area contributed by atoms with Crippen LogP contribution in [0.15, 0.2) is 24.3 Å². The van der Waals surface area contributed by atoms with Crippen molar-refractivity contribution in [3.8, 4) is 0 Å². The molecule has 1 atom stereocenters. The second-order valence-electron chi connectivity index (χ2n) is 5.94. The van der Waals surface area contributed by atoms with Crippen molar-refractivity contribution in [1.29, 1.82) is 0 Å². The zero-order valence-electron chi connectivity index (χ0n) is 13.6. The maximum Gasteiger partial charge on any atom is 0.408 e. The lowest BCUT2D eigenvalue weighted by Crippen LogP contribution is -2.48. The minimum atomic E-state index is -0.837. The molecule has 8 nitrogen and oxygen atoms in total. The number of carbonyl (C=O) groups is 2. The average molecular weight is 323 g/mol. The van der Waals surface area contributed by atoms with Gasteiger partial charge in [-0.05, 0) is 26.3 Å². The minimum absolute atomic E-state index is 0.0367. The highest BCUT2D eigenvalue weighted by Crippen LogP contribution is 2.14. The smallest absolute Gasteiger partial charge is 0.408 e. The van der Waals surface area contributed by atoms with Crippen molar-refractivity contribution >= 4 is 17.7 Å². The van der Waals surface area contributed by atoms with Crippen LogP contribution in [0.3, 0.4) is 0 Å². The highest BCUT2D eigenvalue weighted by Gasteiger charge is 2.24. The van der Waals surface area contributed by atoms with Crippen LogP contribution in [0.4, 0.5) is 10.5 Å². The van der Waals surface area contributed by atoms with Crippen molar-refractivity contribution in [3.63, 3.8) is 0 Å². The Hall–Kier alpha value is -2.64. The number of ether oxygens (including phenoxy) is 1. The summed E-state index contributed by atoms with van der Waals surface area (Å²) in [5, 5.41) is 15.6. The zero-order chi connectivity index (χ0) is 17.6. The number of amides is 2. The van der Waals surface area contributed by atoms with E-state index in [1.54, 1.807) is 32.9 Å². The summed E-state index contributed by atoms with van der Waals surface area (Å²) in [4.78, 5) is 33.9. The number of hydrogen-bond acceptors (Lipinski definition) is 5. The number of likely N-dealkylation sites (N-methyl/N-ethyl adjacent to an activating group) is 1. The molecule has 2 N–H and O–H groups in total. The quantitative estimate of drug-likeness (QED) is 0.634. The van der Waals surface area contributed by atoms with E-state index in [0.717, 1.165) is 0 Å². The Balaban J connectivity index is 2.80. The van der Waals surface area contributed by atoms with Gasteiger partial charge in [-0.2, -0.15) is 0 Å². The molecule has 0 aliphatic carbocycles. The molecule has 0 bridgehead atoms. The fourth-order valence-corrected chi connectivity index (χ4v) is 1.82. The molecule has 1 aromatic carbocycles. The summed E-state index contributed by atoms with van der Waals surface area (Å²) in [5.41, 5.74) is -0.0318. The predicted molar refractivity (Wildman–Crippen MR) is 84.0 cm³/mol. The van der Waals surface area contributed by atoms with Crippen LogP contribution in [0.25, 0.3) is 0 Å². The van der Waals surface area contributed by atoms with Crippen LogP contribution in [0.5, 0.6) is 0 Å². The summed E-state index contributed by atoms with van der Waals surface area (Å²) in [6.07, 6.45) is -0.510. The van der Waals surface area contributed by atoms with Crippen LogP contribution >= 0.6 is 0 Å². The number of non-ortho nitro benzene ring substituents is 1. The van der Waals surface area contributed by atoms with E-state index in [4.69, 9.17) is 4.74 Å². The van der Waals surface area contributed by atoms with E-state index in [1.165, 1.54) is 19.2 Å². The number of benzene rings is 1. The Morgan fingerprint density at radius 2 is 1.83 bits per heavy atom. The molecule has 0 heterocycles. The van der Waals surface area contributed by atoms with Gasteiger partial charge in [0.25, 0.3) is 5.69 Å². The van der Waals surface area contributed by atoms with E-state index < -0.39 is 22.7 Å². The number of nitrogens with zero attached hydrogens (tertiary/aromatic N) is 1. The molecule has 1 rings (SSSR count). The van der Waals surface area contributed by atoms with E-state index in [9.17, 15) is 19.7 Å². The van der Waals surface area contributed by atoms with Crippen molar-refractivity contribution < 1.29 is 19.2 Å². The molecule has 23 heavy (non-hydrogen) atoms. The van der Waals surface area contributed by atoms with Crippen molar-refractivity contribution in [2.45, 2.75) is 38.8 Å². The van der Waals surface area contributed by atoms with E-state index in [1.807, 2.05) is 0 Å². The maximum atomic E-state index is 11.9. The Morgan fingerprint density at radius 1 is 1.26 bits per heavy atom. The Morgan fingerprint density at radius 3 is 2.26 bits per heavy atom. The van der Waals surface area contributed by atoms with Crippen molar-refractivity contribution in [3.05, 3.63) is 39.9 Å². The third-order valence-corrected chi connectivity index (χ3v) is 2.84. The summed E-state index contributed by atoms with van der Waals surface area (Å²) < 4.78 is 5.13. The average Bonchev–Trinajstić information content (AvgIpc) is 2.44. The van der Waals surface area contributed by atoms with E-state index >= 15 is 0 Å². The van der Waals surface area contributed by atoms with Gasteiger partial charge in [-0.3, -0.25) is 14.9 Å². The highest BCUT2D eigenvalue weighted by atomic mass is 16.6. The normalized spacial score (nSPS) is 12.2. The molecule has 8 heteroatoms. The van der Waals surface area contributed by atoms with Gasteiger partial charge in [-0.15, -0.1) is 0 Å². The molecule has 0 fully saturated rings. The molecule has 1 aromatic rings. The molecule has 0 radical (unpaired) electrons. The minimum Gasteiger partial charge on any atom is -0.444 e. The molecule has 0 spiro atoms. The first-order chi connectivity index (χ1) is 10.6. The molecule has 1 unspecified atom stereocenters. The molecule has 0 aliphatic rings. The van der Waals surface area contributed by atoms with Gasteiger partial charge in [0, 0.05) is 25.6 Å². The van der Waals surface area contributed by atoms with E-state index in [-0.39, 0.29) is 18.0 Å². The first-order valence-electron chi connectivity index (χ1n) is 7.07. The van der Waals surface area contributed by atoms with Crippen LogP contribution in [-0.2, 0) is 16.0 Å². The van der Waals surface area contributed by atoms with E-state index in [2.05, 4.69) is 10.6 Å². The summed E-state index contributed by atoms with van der Waals surface area (Å²) in [7, 11) is 1.46. The van der Waals surface area contributed by atoms with Gasteiger partial charge in [0.2, 0.25) is 5.91 Å². The number of alkyl carbamates (subject to hydrolysis) is 1. The zero-order valence-corrected chi connectivity index (χ0v) is 13.6. The number of nitro groups is 1. The van der Waals surface area contributed by atoms with Crippen LogP contribution < -0.4 is 10.6 Å².